The Kier molecular flexibility index (Phi) is 4.27. The topological polar surface area (TPSA) is 70.2 Å². The Morgan fingerprint density at radius 1 is 1.15 bits per heavy atom. The molecule has 2 fully saturated rings. The minimum absolute atomic E-state index is 0.209. The molecule has 0 bridgehead atoms. The van der Waals surface area contributed by atoms with Gasteiger partial charge in [-0.3, -0.25) is 5.10 Å². The molecule has 0 radical (unpaired) electrons. The van der Waals surface area contributed by atoms with E-state index >= 15 is 0 Å². The van der Waals surface area contributed by atoms with E-state index < -0.39 is 0 Å². The lowest BCUT2D eigenvalue weighted by Gasteiger charge is -2.41. The number of aryl methyl sites for hydroxylation is 2. The summed E-state index contributed by atoms with van der Waals surface area (Å²) in [6, 6.07) is 2.19. The number of nitrogens with zero attached hydrogens (tertiary/aromatic N) is 5. The highest BCUT2D eigenvalue weighted by Gasteiger charge is 2.43. The Morgan fingerprint density at radius 3 is 2.89 bits per heavy atom. The molecule has 27 heavy (non-hydrogen) atoms. The van der Waals surface area contributed by atoms with Gasteiger partial charge in [-0.15, -0.1) is 0 Å². The molecule has 1 atom stereocenters. The maximum atomic E-state index is 5.50. The van der Waals surface area contributed by atoms with E-state index in [2.05, 4.69) is 33.0 Å². The van der Waals surface area contributed by atoms with Crippen molar-refractivity contribution in [1.82, 2.24) is 20.2 Å². The molecule has 0 saturated carbocycles. The third kappa shape index (κ3) is 2.98. The molecule has 1 unspecified atom stereocenters. The Bertz CT molecular complexity index is 815. The number of nitrogens with one attached hydrogen (secondary N) is 1. The number of hydrogen-bond acceptors (Lipinski definition) is 6. The third-order valence-electron chi connectivity index (χ3n) is 6.43. The van der Waals surface area contributed by atoms with Crippen molar-refractivity contribution in [2.24, 2.45) is 0 Å². The first-order chi connectivity index (χ1) is 13.3. The highest BCUT2D eigenvalue weighted by atomic mass is 16.5. The highest BCUT2D eigenvalue weighted by molar-refractivity contribution is 5.49. The maximum Gasteiger partial charge on any atom is 0.227 e. The molecule has 3 aliphatic rings. The molecule has 2 aromatic heterocycles. The smallest absolute Gasteiger partial charge is 0.227 e. The number of hydrogen-bond donors (Lipinski definition) is 1. The molecular weight excluding hydrogens is 340 g/mol. The summed E-state index contributed by atoms with van der Waals surface area (Å²) in [5.74, 6) is 1.94. The standard InChI is InChI=1S/C20H28N6O/c1-2-16-12-17(23-19(22-16)25-8-10-27-11-9-25)26-7-3-5-20(14-26)6-4-15-13-21-24-18(15)20/h12-13H,2-11,14H2,1H3,(H,21,24). The van der Waals surface area contributed by atoms with Gasteiger partial charge in [-0.25, -0.2) is 4.98 Å². The summed E-state index contributed by atoms with van der Waals surface area (Å²) in [7, 11) is 0. The van der Waals surface area contributed by atoms with Crippen molar-refractivity contribution in [3.63, 3.8) is 0 Å². The Hall–Kier alpha value is -2.15. The van der Waals surface area contributed by atoms with Crippen LogP contribution in [0.15, 0.2) is 12.3 Å². The molecule has 0 aromatic carbocycles. The maximum absolute atomic E-state index is 5.50. The summed E-state index contributed by atoms with van der Waals surface area (Å²) in [5.41, 5.74) is 4.10. The normalized spacial score (nSPS) is 25.2. The van der Waals surface area contributed by atoms with Crippen molar-refractivity contribution in [3.8, 4) is 0 Å². The van der Waals surface area contributed by atoms with Crippen LogP contribution in [0.3, 0.4) is 0 Å². The molecule has 144 valence electrons. The molecule has 4 heterocycles. The van der Waals surface area contributed by atoms with Crippen LogP contribution in [0.4, 0.5) is 11.8 Å². The molecule has 1 aliphatic carbocycles. The van der Waals surface area contributed by atoms with Gasteiger partial charge in [-0.2, -0.15) is 10.1 Å². The van der Waals surface area contributed by atoms with Gasteiger partial charge in [0, 0.05) is 49.0 Å². The van der Waals surface area contributed by atoms with Crippen LogP contribution in [-0.2, 0) is 23.0 Å². The lowest BCUT2D eigenvalue weighted by Crippen LogP contribution is -2.46. The summed E-state index contributed by atoms with van der Waals surface area (Å²) in [6.45, 7) is 7.50. The van der Waals surface area contributed by atoms with Crippen LogP contribution in [-0.4, -0.2) is 59.6 Å². The minimum Gasteiger partial charge on any atom is -0.378 e. The molecule has 7 heteroatoms. The van der Waals surface area contributed by atoms with E-state index in [0.717, 1.165) is 69.7 Å². The van der Waals surface area contributed by atoms with Gasteiger partial charge in [0.05, 0.1) is 19.4 Å². The van der Waals surface area contributed by atoms with E-state index in [4.69, 9.17) is 14.7 Å². The lowest BCUT2D eigenvalue weighted by molar-refractivity contribution is 0.122. The first-order valence-electron chi connectivity index (χ1n) is 10.3. The van der Waals surface area contributed by atoms with Crippen molar-refractivity contribution in [3.05, 3.63) is 29.2 Å². The third-order valence-corrected chi connectivity index (χ3v) is 6.43. The first kappa shape index (κ1) is 17.0. The minimum atomic E-state index is 0.209. The van der Waals surface area contributed by atoms with Crippen molar-refractivity contribution < 1.29 is 4.74 Å². The van der Waals surface area contributed by atoms with Crippen LogP contribution in [0.2, 0.25) is 0 Å². The van der Waals surface area contributed by atoms with E-state index in [1.807, 2.05) is 6.20 Å². The second kappa shape index (κ2) is 6.78. The predicted molar refractivity (Wildman–Crippen MR) is 104 cm³/mol. The van der Waals surface area contributed by atoms with Crippen LogP contribution in [0, 0.1) is 0 Å². The van der Waals surface area contributed by atoms with Gasteiger partial charge in [0.2, 0.25) is 5.95 Å². The molecule has 2 saturated heterocycles. The van der Waals surface area contributed by atoms with Gasteiger partial charge >= 0.3 is 0 Å². The van der Waals surface area contributed by atoms with E-state index in [0.29, 0.717) is 0 Å². The van der Waals surface area contributed by atoms with Gasteiger partial charge in [-0.1, -0.05) is 6.92 Å². The van der Waals surface area contributed by atoms with Gasteiger partial charge in [-0.05, 0) is 37.7 Å². The summed E-state index contributed by atoms with van der Waals surface area (Å²) in [4.78, 5) is 14.5. The zero-order chi connectivity index (χ0) is 18.3. The monoisotopic (exact) mass is 368 g/mol. The number of aromatic amines is 1. The number of rotatable bonds is 3. The number of aromatic nitrogens is 4. The van der Waals surface area contributed by atoms with E-state index in [-0.39, 0.29) is 5.41 Å². The zero-order valence-corrected chi connectivity index (χ0v) is 16.1. The van der Waals surface area contributed by atoms with Crippen LogP contribution in [0.1, 0.15) is 43.1 Å². The molecule has 7 nitrogen and oxygen atoms in total. The Morgan fingerprint density at radius 2 is 2.04 bits per heavy atom. The number of anilines is 2. The zero-order valence-electron chi connectivity index (χ0n) is 16.1. The van der Waals surface area contributed by atoms with Crippen molar-refractivity contribution in [1.29, 1.82) is 0 Å². The lowest BCUT2D eigenvalue weighted by atomic mass is 9.77. The molecule has 0 amide bonds. The summed E-state index contributed by atoms with van der Waals surface area (Å²) in [6.07, 6.45) is 7.73. The van der Waals surface area contributed by atoms with Crippen LogP contribution in [0.25, 0.3) is 0 Å². The summed E-state index contributed by atoms with van der Waals surface area (Å²) < 4.78 is 5.50. The first-order valence-corrected chi connectivity index (χ1v) is 10.3. The van der Waals surface area contributed by atoms with Gasteiger partial charge in [0.25, 0.3) is 0 Å². The van der Waals surface area contributed by atoms with Crippen molar-refractivity contribution in [2.75, 3.05) is 49.2 Å². The van der Waals surface area contributed by atoms with Crippen LogP contribution in [0.5, 0.6) is 0 Å². The number of ether oxygens (including phenoxy) is 1. The molecular formula is C20H28N6O. The van der Waals surface area contributed by atoms with Gasteiger partial charge in [0.1, 0.15) is 5.82 Å². The highest BCUT2D eigenvalue weighted by Crippen LogP contribution is 2.44. The predicted octanol–water partition coefficient (Wildman–Crippen LogP) is 2.08. The van der Waals surface area contributed by atoms with Crippen LogP contribution >= 0.6 is 0 Å². The fraction of sp³-hybridized carbons (Fsp3) is 0.650. The van der Waals surface area contributed by atoms with Crippen molar-refractivity contribution in [2.45, 2.75) is 44.4 Å². The molecule has 2 aromatic rings. The molecule has 1 N–H and O–H groups in total. The molecule has 2 aliphatic heterocycles. The van der Waals surface area contributed by atoms with Gasteiger partial charge in [0.15, 0.2) is 0 Å². The summed E-state index contributed by atoms with van der Waals surface area (Å²) in [5, 5.41) is 7.61. The quantitative estimate of drug-likeness (QED) is 0.895. The fourth-order valence-electron chi connectivity index (χ4n) is 4.91. The number of piperidine rings is 1. The second-order valence-corrected chi connectivity index (χ2v) is 8.05. The van der Waals surface area contributed by atoms with E-state index in [1.54, 1.807) is 0 Å². The number of H-pyrrole nitrogens is 1. The van der Waals surface area contributed by atoms with Crippen molar-refractivity contribution >= 4 is 11.8 Å². The Labute approximate surface area is 160 Å². The molecule has 1 spiro atoms. The Balaban J connectivity index is 1.45. The average molecular weight is 368 g/mol. The average Bonchev–Trinajstić information content (AvgIpc) is 3.33. The van der Waals surface area contributed by atoms with Crippen LogP contribution < -0.4 is 9.80 Å². The van der Waals surface area contributed by atoms with E-state index in [1.165, 1.54) is 30.5 Å². The largest absolute Gasteiger partial charge is 0.378 e. The fourth-order valence-corrected chi connectivity index (χ4v) is 4.91. The number of fused-ring (bicyclic) bond motifs is 2. The SMILES string of the molecule is CCc1cc(N2CCCC3(CCc4cn[nH]c43)C2)nc(N2CCOCC2)n1. The van der Waals surface area contributed by atoms with E-state index in [9.17, 15) is 0 Å². The molecule has 5 rings (SSSR count). The summed E-state index contributed by atoms with van der Waals surface area (Å²) >= 11 is 0. The van der Waals surface area contributed by atoms with Gasteiger partial charge < -0.3 is 14.5 Å². The second-order valence-electron chi connectivity index (χ2n) is 8.05. The number of morpholine rings is 1.